The molecule has 0 aliphatic rings. The second kappa shape index (κ2) is 6.84. The molecule has 0 atom stereocenters. The van der Waals surface area contributed by atoms with Gasteiger partial charge in [-0.2, -0.15) is 5.10 Å². The van der Waals surface area contributed by atoms with Gasteiger partial charge in [0.1, 0.15) is 12.3 Å². The maximum Gasteiger partial charge on any atom is 0.373 e. The van der Waals surface area contributed by atoms with Crippen LogP contribution >= 0.6 is 15.9 Å². The summed E-state index contributed by atoms with van der Waals surface area (Å²) in [5.74, 6) is -0.0375. The van der Waals surface area contributed by atoms with Crippen LogP contribution in [0.15, 0.2) is 62.2 Å². The van der Waals surface area contributed by atoms with Gasteiger partial charge in [-0.05, 0) is 30.3 Å². The SMILES string of the molecule is COC(=O)c1ccc(Cn2nc(-c3cccc(Br)c3)ccc2=O)o1. The Morgan fingerprint density at radius 3 is 2.83 bits per heavy atom. The van der Waals surface area contributed by atoms with E-state index in [1.54, 1.807) is 12.1 Å². The molecule has 6 nitrogen and oxygen atoms in total. The fraction of sp³-hybridized carbons (Fsp3) is 0.118. The lowest BCUT2D eigenvalue weighted by Crippen LogP contribution is -2.22. The fourth-order valence-corrected chi connectivity index (χ4v) is 2.58. The standard InChI is InChI=1S/C17H13BrN2O4/c1-23-17(22)15-7-5-13(24-15)10-20-16(21)8-6-14(19-20)11-3-2-4-12(18)9-11/h2-9H,10H2,1H3. The Balaban J connectivity index is 1.91. The molecule has 3 aromatic rings. The van der Waals surface area contributed by atoms with Crippen LogP contribution in [0.25, 0.3) is 11.3 Å². The average molecular weight is 389 g/mol. The molecule has 0 saturated heterocycles. The Hall–Kier alpha value is -2.67. The molecule has 0 fully saturated rings. The number of furan rings is 1. The molecule has 0 aliphatic heterocycles. The lowest BCUT2D eigenvalue weighted by atomic mass is 10.1. The predicted molar refractivity (Wildman–Crippen MR) is 90.8 cm³/mol. The topological polar surface area (TPSA) is 74.3 Å². The lowest BCUT2D eigenvalue weighted by molar-refractivity contribution is 0.0562. The quantitative estimate of drug-likeness (QED) is 0.641. The van der Waals surface area contributed by atoms with Crippen LogP contribution in [0.4, 0.5) is 0 Å². The summed E-state index contributed by atoms with van der Waals surface area (Å²) in [7, 11) is 1.28. The van der Waals surface area contributed by atoms with Gasteiger partial charge in [0, 0.05) is 16.1 Å². The molecule has 0 N–H and O–H groups in total. The number of ether oxygens (including phenoxy) is 1. The van der Waals surface area contributed by atoms with E-state index < -0.39 is 5.97 Å². The van der Waals surface area contributed by atoms with Gasteiger partial charge < -0.3 is 9.15 Å². The first-order chi connectivity index (χ1) is 11.6. The minimum absolute atomic E-state index is 0.0868. The highest BCUT2D eigenvalue weighted by Crippen LogP contribution is 2.20. The van der Waals surface area contributed by atoms with Gasteiger partial charge >= 0.3 is 5.97 Å². The molecule has 7 heteroatoms. The molecule has 24 heavy (non-hydrogen) atoms. The van der Waals surface area contributed by atoms with Crippen LogP contribution in [0.3, 0.4) is 0 Å². The highest BCUT2D eigenvalue weighted by Gasteiger charge is 2.12. The highest BCUT2D eigenvalue weighted by molar-refractivity contribution is 9.10. The van der Waals surface area contributed by atoms with Crippen molar-refractivity contribution in [1.82, 2.24) is 9.78 Å². The summed E-state index contributed by atoms with van der Waals surface area (Å²) in [4.78, 5) is 23.4. The smallest absolute Gasteiger partial charge is 0.373 e. The summed E-state index contributed by atoms with van der Waals surface area (Å²) < 4.78 is 12.2. The molecular weight excluding hydrogens is 376 g/mol. The molecule has 0 unspecified atom stereocenters. The molecule has 0 amide bonds. The molecule has 0 aliphatic carbocycles. The summed E-state index contributed by atoms with van der Waals surface area (Å²) in [6.07, 6.45) is 0. The number of rotatable bonds is 4. The second-order valence-electron chi connectivity index (χ2n) is 4.98. The predicted octanol–water partition coefficient (Wildman–Crippen LogP) is 3.10. The van der Waals surface area contributed by atoms with E-state index in [1.807, 2.05) is 24.3 Å². The van der Waals surface area contributed by atoms with E-state index in [9.17, 15) is 9.59 Å². The monoisotopic (exact) mass is 388 g/mol. The van der Waals surface area contributed by atoms with Crippen LogP contribution in [0.2, 0.25) is 0 Å². The lowest BCUT2D eigenvalue weighted by Gasteiger charge is -2.06. The summed E-state index contributed by atoms with van der Waals surface area (Å²) in [6, 6.07) is 13.9. The first-order valence-corrected chi connectivity index (χ1v) is 7.87. The zero-order chi connectivity index (χ0) is 17.1. The first kappa shape index (κ1) is 16.2. The number of nitrogens with zero attached hydrogens (tertiary/aromatic N) is 2. The number of aromatic nitrogens is 2. The second-order valence-corrected chi connectivity index (χ2v) is 5.90. The van der Waals surface area contributed by atoms with Crippen LogP contribution in [0, 0.1) is 0 Å². The summed E-state index contributed by atoms with van der Waals surface area (Å²) in [6.45, 7) is 0.123. The summed E-state index contributed by atoms with van der Waals surface area (Å²) in [5.41, 5.74) is 1.29. The van der Waals surface area contributed by atoms with Crippen LogP contribution in [-0.2, 0) is 11.3 Å². The number of methoxy groups -OCH3 is 1. The molecular formula is C17H13BrN2O4. The molecule has 0 saturated carbocycles. The van der Waals surface area contributed by atoms with Crippen molar-refractivity contribution in [3.8, 4) is 11.3 Å². The van der Waals surface area contributed by atoms with Crippen molar-refractivity contribution in [2.45, 2.75) is 6.54 Å². The number of benzene rings is 1. The Labute approximate surface area is 145 Å². The third kappa shape index (κ3) is 3.46. The van der Waals surface area contributed by atoms with Crippen molar-refractivity contribution in [2.24, 2.45) is 0 Å². The van der Waals surface area contributed by atoms with Crippen LogP contribution < -0.4 is 5.56 Å². The van der Waals surface area contributed by atoms with Gasteiger partial charge in [0.15, 0.2) is 0 Å². The molecule has 0 radical (unpaired) electrons. The number of hydrogen-bond acceptors (Lipinski definition) is 5. The van der Waals surface area contributed by atoms with E-state index in [1.165, 1.54) is 23.9 Å². The van der Waals surface area contributed by atoms with Gasteiger partial charge in [0.05, 0.1) is 12.8 Å². The third-order valence-electron chi connectivity index (χ3n) is 3.34. The number of carbonyl (C=O) groups excluding carboxylic acids is 1. The molecule has 3 rings (SSSR count). The normalized spacial score (nSPS) is 10.6. The molecule has 122 valence electrons. The Morgan fingerprint density at radius 1 is 1.25 bits per heavy atom. The largest absolute Gasteiger partial charge is 0.463 e. The summed E-state index contributed by atoms with van der Waals surface area (Å²) in [5, 5.41) is 4.36. The van der Waals surface area contributed by atoms with E-state index in [0.717, 1.165) is 10.0 Å². The molecule has 0 spiro atoms. The zero-order valence-electron chi connectivity index (χ0n) is 12.7. The van der Waals surface area contributed by atoms with E-state index in [4.69, 9.17) is 4.42 Å². The fourth-order valence-electron chi connectivity index (χ4n) is 2.18. The van der Waals surface area contributed by atoms with E-state index >= 15 is 0 Å². The van der Waals surface area contributed by atoms with Crippen molar-refractivity contribution < 1.29 is 13.9 Å². The third-order valence-corrected chi connectivity index (χ3v) is 3.83. The minimum atomic E-state index is -0.565. The van der Waals surface area contributed by atoms with Gasteiger partial charge in [-0.3, -0.25) is 4.79 Å². The van der Waals surface area contributed by atoms with Crippen molar-refractivity contribution in [2.75, 3.05) is 7.11 Å². The Kier molecular flexibility index (Phi) is 4.61. The van der Waals surface area contributed by atoms with Crippen LogP contribution in [0.1, 0.15) is 16.3 Å². The highest BCUT2D eigenvalue weighted by atomic mass is 79.9. The van der Waals surface area contributed by atoms with Crippen LogP contribution in [-0.4, -0.2) is 22.9 Å². The van der Waals surface area contributed by atoms with Crippen molar-refractivity contribution >= 4 is 21.9 Å². The first-order valence-electron chi connectivity index (χ1n) is 7.08. The van der Waals surface area contributed by atoms with Gasteiger partial charge in [0.2, 0.25) is 5.76 Å². The maximum atomic E-state index is 12.0. The van der Waals surface area contributed by atoms with Gasteiger partial charge in [-0.15, -0.1) is 0 Å². The van der Waals surface area contributed by atoms with Crippen molar-refractivity contribution in [3.05, 3.63) is 74.9 Å². The number of halogens is 1. The average Bonchev–Trinajstić information content (AvgIpc) is 3.04. The van der Waals surface area contributed by atoms with Crippen molar-refractivity contribution in [3.63, 3.8) is 0 Å². The van der Waals surface area contributed by atoms with E-state index in [-0.39, 0.29) is 17.9 Å². The van der Waals surface area contributed by atoms with Gasteiger partial charge in [0.25, 0.3) is 5.56 Å². The van der Waals surface area contributed by atoms with Crippen LogP contribution in [0.5, 0.6) is 0 Å². The molecule has 2 aromatic heterocycles. The number of esters is 1. The molecule has 2 heterocycles. The van der Waals surface area contributed by atoms with E-state index in [2.05, 4.69) is 25.8 Å². The zero-order valence-corrected chi connectivity index (χ0v) is 14.3. The van der Waals surface area contributed by atoms with E-state index in [0.29, 0.717) is 11.5 Å². The van der Waals surface area contributed by atoms with Gasteiger partial charge in [-0.1, -0.05) is 28.1 Å². The molecule has 1 aromatic carbocycles. The maximum absolute atomic E-state index is 12.0. The number of hydrogen-bond donors (Lipinski definition) is 0. The van der Waals surface area contributed by atoms with Crippen molar-refractivity contribution in [1.29, 1.82) is 0 Å². The Bertz CT molecular complexity index is 946. The Morgan fingerprint density at radius 2 is 2.08 bits per heavy atom. The number of carbonyl (C=O) groups is 1. The van der Waals surface area contributed by atoms with Gasteiger partial charge in [-0.25, -0.2) is 9.48 Å². The minimum Gasteiger partial charge on any atom is -0.463 e. The molecule has 0 bridgehead atoms. The summed E-state index contributed by atoms with van der Waals surface area (Å²) >= 11 is 3.41.